The van der Waals surface area contributed by atoms with Crippen molar-refractivity contribution in [2.45, 2.75) is 19.3 Å². The van der Waals surface area contributed by atoms with Crippen molar-refractivity contribution in [2.75, 3.05) is 25.1 Å². The van der Waals surface area contributed by atoms with Gasteiger partial charge in [-0.05, 0) is 25.3 Å². The molecule has 1 aromatic heterocycles. The Hall–Kier alpha value is -1.62. The SMILES string of the molecule is CN(CCCCCO)c1cnccc1C(=O)O. The Morgan fingerprint density at radius 2 is 2.18 bits per heavy atom. The summed E-state index contributed by atoms with van der Waals surface area (Å²) < 4.78 is 0. The highest BCUT2D eigenvalue weighted by molar-refractivity contribution is 5.94. The van der Waals surface area contributed by atoms with Crippen LogP contribution in [0.2, 0.25) is 0 Å². The van der Waals surface area contributed by atoms with Crippen LogP contribution in [-0.2, 0) is 0 Å². The van der Waals surface area contributed by atoms with Crippen LogP contribution < -0.4 is 4.90 Å². The number of aromatic carboxylic acids is 1. The zero-order valence-electron chi connectivity index (χ0n) is 9.96. The topological polar surface area (TPSA) is 73.7 Å². The van der Waals surface area contributed by atoms with E-state index in [1.165, 1.54) is 12.3 Å². The molecule has 0 saturated heterocycles. The molecule has 0 radical (unpaired) electrons. The highest BCUT2D eigenvalue weighted by atomic mass is 16.4. The number of unbranched alkanes of at least 4 members (excludes halogenated alkanes) is 2. The lowest BCUT2D eigenvalue weighted by molar-refractivity contribution is 0.0697. The third-order valence-electron chi connectivity index (χ3n) is 2.59. The monoisotopic (exact) mass is 238 g/mol. The first kappa shape index (κ1) is 13.4. The summed E-state index contributed by atoms with van der Waals surface area (Å²) in [6.07, 6.45) is 5.68. The van der Waals surface area contributed by atoms with Crippen molar-refractivity contribution >= 4 is 11.7 Å². The number of anilines is 1. The van der Waals surface area contributed by atoms with E-state index < -0.39 is 5.97 Å². The molecular weight excluding hydrogens is 220 g/mol. The van der Waals surface area contributed by atoms with Crippen LogP contribution in [0.5, 0.6) is 0 Å². The molecule has 0 atom stereocenters. The van der Waals surface area contributed by atoms with Gasteiger partial charge >= 0.3 is 5.97 Å². The van der Waals surface area contributed by atoms with Crippen molar-refractivity contribution in [3.63, 3.8) is 0 Å². The standard InChI is InChI=1S/C12H18N2O3/c1-14(7-3-2-4-8-15)11-9-13-6-5-10(11)12(16)17/h5-6,9,15H,2-4,7-8H2,1H3,(H,16,17). The van der Waals surface area contributed by atoms with E-state index in [-0.39, 0.29) is 12.2 Å². The molecule has 1 aromatic rings. The molecule has 2 N–H and O–H groups in total. The van der Waals surface area contributed by atoms with E-state index in [0.717, 1.165) is 25.8 Å². The van der Waals surface area contributed by atoms with Crippen molar-refractivity contribution in [1.82, 2.24) is 4.98 Å². The van der Waals surface area contributed by atoms with Gasteiger partial charge in [0.2, 0.25) is 0 Å². The molecule has 17 heavy (non-hydrogen) atoms. The molecule has 0 saturated carbocycles. The third-order valence-corrected chi connectivity index (χ3v) is 2.59. The number of aromatic nitrogens is 1. The van der Waals surface area contributed by atoms with Crippen LogP contribution in [0.4, 0.5) is 5.69 Å². The van der Waals surface area contributed by atoms with E-state index in [2.05, 4.69) is 4.98 Å². The second-order valence-electron chi connectivity index (χ2n) is 3.90. The molecule has 1 heterocycles. The molecule has 0 fully saturated rings. The fraction of sp³-hybridized carbons (Fsp3) is 0.500. The van der Waals surface area contributed by atoms with Gasteiger partial charge in [0.25, 0.3) is 0 Å². The number of pyridine rings is 1. The van der Waals surface area contributed by atoms with Gasteiger partial charge in [0, 0.05) is 26.4 Å². The fourth-order valence-corrected chi connectivity index (χ4v) is 1.63. The quantitative estimate of drug-likeness (QED) is 0.702. The predicted octanol–water partition coefficient (Wildman–Crippen LogP) is 1.38. The molecular formula is C12H18N2O3. The molecule has 0 aromatic carbocycles. The lowest BCUT2D eigenvalue weighted by atomic mass is 10.2. The summed E-state index contributed by atoms with van der Waals surface area (Å²) in [4.78, 5) is 16.8. The number of carboxylic acid groups (broad SMARTS) is 1. The summed E-state index contributed by atoms with van der Waals surface area (Å²) in [6, 6.07) is 1.50. The lowest BCUT2D eigenvalue weighted by Crippen LogP contribution is -2.21. The summed E-state index contributed by atoms with van der Waals surface area (Å²) in [7, 11) is 1.85. The minimum absolute atomic E-state index is 0.205. The highest BCUT2D eigenvalue weighted by Crippen LogP contribution is 2.18. The maximum Gasteiger partial charge on any atom is 0.337 e. The number of carbonyl (C=O) groups is 1. The molecule has 0 aliphatic rings. The van der Waals surface area contributed by atoms with E-state index in [4.69, 9.17) is 10.2 Å². The summed E-state index contributed by atoms with van der Waals surface area (Å²) in [5, 5.41) is 17.7. The molecule has 5 heteroatoms. The Labute approximate surface area is 101 Å². The maximum atomic E-state index is 11.0. The van der Waals surface area contributed by atoms with E-state index in [9.17, 15) is 4.79 Å². The average Bonchev–Trinajstić information content (AvgIpc) is 2.34. The minimum atomic E-state index is -0.940. The molecule has 0 aliphatic carbocycles. The van der Waals surface area contributed by atoms with E-state index in [0.29, 0.717) is 5.69 Å². The van der Waals surface area contributed by atoms with Crippen LogP contribution in [0, 0.1) is 0 Å². The minimum Gasteiger partial charge on any atom is -0.478 e. The first-order chi connectivity index (χ1) is 8.16. The van der Waals surface area contributed by atoms with Gasteiger partial charge in [0.15, 0.2) is 0 Å². The van der Waals surface area contributed by atoms with Gasteiger partial charge in [-0.25, -0.2) is 4.79 Å². The molecule has 0 amide bonds. The van der Waals surface area contributed by atoms with Gasteiger partial charge in [0.1, 0.15) is 0 Å². The smallest absolute Gasteiger partial charge is 0.337 e. The van der Waals surface area contributed by atoms with Crippen molar-refractivity contribution in [3.8, 4) is 0 Å². The van der Waals surface area contributed by atoms with Gasteiger partial charge in [-0.15, -0.1) is 0 Å². The molecule has 1 rings (SSSR count). The third kappa shape index (κ3) is 4.03. The second-order valence-corrected chi connectivity index (χ2v) is 3.90. The van der Waals surface area contributed by atoms with Crippen LogP contribution in [0.25, 0.3) is 0 Å². The molecule has 0 unspecified atom stereocenters. The Morgan fingerprint density at radius 1 is 1.41 bits per heavy atom. The second kappa shape index (κ2) is 6.85. The van der Waals surface area contributed by atoms with Gasteiger partial charge in [0.05, 0.1) is 17.4 Å². The van der Waals surface area contributed by atoms with Crippen LogP contribution in [0.15, 0.2) is 18.5 Å². The number of hydrogen-bond donors (Lipinski definition) is 2. The first-order valence-electron chi connectivity index (χ1n) is 5.66. The number of carboxylic acids is 1. The summed E-state index contributed by atoms with van der Waals surface area (Å²) in [6.45, 7) is 0.961. The Morgan fingerprint density at radius 3 is 2.82 bits per heavy atom. The van der Waals surface area contributed by atoms with Crippen LogP contribution >= 0.6 is 0 Å². The molecule has 0 spiro atoms. The fourth-order valence-electron chi connectivity index (χ4n) is 1.63. The number of aliphatic hydroxyl groups is 1. The summed E-state index contributed by atoms with van der Waals surface area (Å²) in [5.41, 5.74) is 0.897. The highest BCUT2D eigenvalue weighted by Gasteiger charge is 2.12. The van der Waals surface area contributed by atoms with E-state index in [1.54, 1.807) is 6.20 Å². The van der Waals surface area contributed by atoms with Crippen LogP contribution in [-0.4, -0.2) is 41.4 Å². The Kier molecular flexibility index (Phi) is 5.42. The van der Waals surface area contributed by atoms with Gasteiger partial charge < -0.3 is 15.1 Å². The Balaban J connectivity index is 2.62. The van der Waals surface area contributed by atoms with Gasteiger partial charge in [-0.1, -0.05) is 0 Å². The lowest BCUT2D eigenvalue weighted by Gasteiger charge is -2.20. The van der Waals surface area contributed by atoms with Crippen LogP contribution in [0.1, 0.15) is 29.6 Å². The van der Waals surface area contributed by atoms with Crippen molar-refractivity contribution in [3.05, 3.63) is 24.0 Å². The number of nitrogens with zero attached hydrogens (tertiary/aromatic N) is 2. The largest absolute Gasteiger partial charge is 0.478 e. The normalized spacial score (nSPS) is 10.2. The van der Waals surface area contributed by atoms with Crippen molar-refractivity contribution in [1.29, 1.82) is 0 Å². The molecule has 0 bridgehead atoms. The van der Waals surface area contributed by atoms with Crippen LogP contribution in [0.3, 0.4) is 0 Å². The van der Waals surface area contributed by atoms with Gasteiger partial charge in [-0.3, -0.25) is 4.98 Å². The Bertz CT molecular complexity index is 369. The number of aliphatic hydroxyl groups excluding tert-OH is 1. The average molecular weight is 238 g/mol. The van der Waals surface area contributed by atoms with Crippen molar-refractivity contribution in [2.24, 2.45) is 0 Å². The first-order valence-corrected chi connectivity index (χ1v) is 5.66. The van der Waals surface area contributed by atoms with E-state index in [1.807, 2.05) is 11.9 Å². The summed E-state index contributed by atoms with van der Waals surface area (Å²) >= 11 is 0. The number of hydrogen-bond acceptors (Lipinski definition) is 4. The maximum absolute atomic E-state index is 11.0. The number of rotatable bonds is 7. The van der Waals surface area contributed by atoms with Gasteiger partial charge in [-0.2, -0.15) is 0 Å². The molecule has 94 valence electrons. The molecule has 5 nitrogen and oxygen atoms in total. The van der Waals surface area contributed by atoms with E-state index >= 15 is 0 Å². The zero-order valence-corrected chi connectivity index (χ0v) is 9.96. The zero-order chi connectivity index (χ0) is 12.7. The summed E-state index contributed by atoms with van der Waals surface area (Å²) in [5.74, 6) is -0.940. The predicted molar refractivity (Wildman–Crippen MR) is 65.4 cm³/mol. The molecule has 0 aliphatic heterocycles. The van der Waals surface area contributed by atoms with Crippen molar-refractivity contribution < 1.29 is 15.0 Å².